The average molecular weight is 278 g/mol. The predicted octanol–water partition coefficient (Wildman–Crippen LogP) is 3.11. The van der Waals surface area contributed by atoms with Gasteiger partial charge in [0.15, 0.2) is 0 Å². The molecule has 1 unspecified atom stereocenters. The Morgan fingerprint density at radius 1 is 1.17 bits per heavy atom. The fraction of sp³-hybridized carbons (Fsp3) is 0.429. The fourth-order valence-electron chi connectivity index (χ4n) is 2.49. The van der Waals surface area contributed by atoms with Gasteiger partial charge in [-0.05, 0) is 30.5 Å². The van der Waals surface area contributed by atoms with E-state index >= 15 is 0 Å². The number of hydrogen-bond acceptors (Lipinski definition) is 4. The lowest BCUT2D eigenvalue weighted by molar-refractivity contribution is 0.203. The number of nitrogens with zero attached hydrogens (tertiary/aromatic N) is 1. The van der Waals surface area contributed by atoms with Gasteiger partial charge < -0.3 is 5.32 Å². The molecule has 3 rings (SSSR count). The maximum absolute atomic E-state index is 3.44. The van der Waals surface area contributed by atoms with Crippen LogP contribution in [-0.4, -0.2) is 31.1 Å². The lowest BCUT2D eigenvalue weighted by atomic mass is 10.1. The van der Waals surface area contributed by atoms with Crippen LogP contribution in [0, 0.1) is 6.92 Å². The highest BCUT2D eigenvalue weighted by Crippen LogP contribution is 2.35. The second-order valence-electron chi connectivity index (χ2n) is 4.65. The summed E-state index contributed by atoms with van der Waals surface area (Å²) < 4.78 is 0. The quantitative estimate of drug-likeness (QED) is 0.928. The van der Waals surface area contributed by atoms with Gasteiger partial charge in [-0.25, -0.2) is 0 Å². The van der Waals surface area contributed by atoms with Gasteiger partial charge in [-0.2, -0.15) is 0 Å². The molecule has 0 bridgehead atoms. The largest absolute Gasteiger partial charge is 0.314 e. The molecule has 0 saturated carbocycles. The summed E-state index contributed by atoms with van der Waals surface area (Å²) in [7, 11) is 0. The first-order valence-corrected chi connectivity index (χ1v) is 8.09. The van der Waals surface area contributed by atoms with Crippen LogP contribution in [-0.2, 0) is 0 Å². The lowest BCUT2D eigenvalue weighted by Gasteiger charge is -2.34. The minimum Gasteiger partial charge on any atom is -0.314 e. The molecule has 18 heavy (non-hydrogen) atoms. The SMILES string of the molecule is Cc1ccc(C(c2cccs2)N2CCNCC2)s1. The molecule has 1 atom stereocenters. The van der Waals surface area contributed by atoms with Crippen molar-refractivity contribution in [3.8, 4) is 0 Å². The normalized spacial score (nSPS) is 18.9. The van der Waals surface area contributed by atoms with E-state index in [2.05, 4.69) is 46.8 Å². The van der Waals surface area contributed by atoms with Crippen molar-refractivity contribution >= 4 is 22.7 Å². The Balaban J connectivity index is 1.92. The van der Waals surface area contributed by atoms with Gasteiger partial charge in [0, 0.05) is 40.8 Å². The van der Waals surface area contributed by atoms with Crippen molar-refractivity contribution in [2.45, 2.75) is 13.0 Å². The highest BCUT2D eigenvalue weighted by atomic mass is 32.1. The average Bonchev–Trinajstić information content (AvgIpc) is 3.04. The standard InChI is InChI=1S/C14H18N2S2/c1-11-4-5-13(18-11)14(12-3-2-10-17-12)16-8-6-15-7-9-16/h2-5,10,14-15H,6-9H2,1H3. The zero-order chi connectivity index (χ0) is 12.4. The molecular weight excluding hydrogens is 260 g/mol. The van der Waals surface area contributed by atoms with Gasteiger partial charge in [-0.3, -0.25) is 4.90 Å². The number of nitrogens with one attached hydrogen (secondary N) is 1. The molecule has 1 aliphatic heterocycles. The first kappa shape index (κ1) is 12.4. The summed E-state index contributed by atoms with van der Waals surface area (Å²) >= 11 is 3.81. The molecule has 2 aromatic heterocycles. The second-order valence-corrected chi connectivity index (χ2v) is 6.95. The predicted molar refractivity (Wildman–Crippen MR) is 79.7 cm³/mol. The summed E-state index contributed by atoms with van der Waals surface area (Å²) in [6, 6.07) is 9.43. The van der Waals surface area contributed by atoms with E-state index in [0.29, 0.717) is 6.04 Å². The number of aryl methyl sites for hydroxylation is 1. The van der Waals surface area contributed by atoms with Crippen LogP contribution in [0.1, 0.15) is 20.7 Å². The van der Waals surface area contributed by atoms with Crippen molar-refractivity contribution in [3.05, 3.63) is 44.3 Å². The first-order valence-electron chi connectivity index (χ1n) is 6.39. The summed E-state index contributed by atoms with van der Waals surface area (Å²) in [5.41, 5.74) is 0. The third-order valence-electron chi connectivity index (χ3n) is 3.36. The smallest absolute Gasteiger partial charge is 0.0790 e. The summed E-state index contributed by atoms with van der Waals surface area (Å²) in [5, 5.41) is 5.62. The highest BCUT2D eigenvalue weighted by Gasteiger charge is 2.25. The van der Waals surface area contributed by atoms with Crippen LogP contribution in [0.25, 0.3) is 0 Å². The molecule has 1 N–H and O–H groups in total. The van der Waals surface area contributed by atoms with Crippen molar-refractivity contribution < 1.29 is 0 Å². The third-order valence-corrected chi connectivity index (χ3v) is 5.34. The van der Waals surface area contributed by atoms with Crippen LogP contribution < -0.4 is 5.32 Å². The van der Waals surface area contributed by atoms with Gasteiger partial charge in [0.05, 0.1) is 6.04 Å². The lowest BCUT2D eigenvalue weighted by Crippen LogP contribution is -2.45. The Labute approximate surface area is 116 Å². The first-order chi connectivity index (χ1) is 8.84. The molecule has 3 heterocycles. The summed E-state index contributed by atoms with van der Waals surface area (Å²) in [6.45, 7) is 6.68. The van der Waals surface area contributed by atoms with Gasteiger partial charge in [-0.15, -0.1) is 22.7 Å². The third kappa shape index (κ3) is 2.52. The monoisotopic (exact) mass is 278 g/mol. The van der Waals surface area contributed by atoms with Crippen LogP contribution in [0.4, 0.5) is 0 Å². The van der Waals surface area contributed by atoms with E-state index in [1.807, 2.05) is 22.7 Å². The summed E-state index contributed by atoms with van der Waals surface area (Å²) in [5.74, 6) is 0. The summed E-state index contributed by atoms with van der Waals surface area (Å²) in [4.78, 5) is 6.96. The van der Waals surface area contributed by atoms with E-state index in [1.54, 1.807) is 0 Å². The molecule has 0 spiro atoms. The second kappa shape index (κ2) is 5.53. The van der Waals surface area contributed by atoms with Gasteiger partial charge in [0.1, 0.15) is 0 Å². The minimum atomic E-state index is 0.464. The van der Waals surface area contributed by atoms with Crippen LogP contribution in [0.3, 0.4) is 0 Å². The van der Waals surface area contributed by atoms with Crippen LogP contribution in [0.2, 0.25) is 0 Å². The van der Waals surface area contributed by atoms with Gasteiger partial charge in [0.2, 0.25) is 0 Å². The molecular formula is C14H18N2S2. The van der Waals surface area contributed by atoms with Crippen LogP contribution in [0.15, 0.2) is 29.6 Å². The molecule has 96 valence electrons. The summed E-state index contributed by atoms with van der Waals surface area (Å²) in [6.07, 6.45) is 0. The molecule has 0 aliphatic carbocycles. The van der Waals surface area contributed by atoms with Gasteiger partial charge >= 0.3 is 0 Å². The van der Waals surface area contributed by atoms with Crippen molar-refractivity contribution in [2.24, 2.45) is 0 Å². The molecule has 1 aliphatic rings. The van der Waals surface area contributed by atoms with Crippen LogP contribution >= 0.6 is 22.7 Å². The zero-order valence-electron chi connectivity index (χ0n) is 10.6. The van der Waals surface area contributed by atoms with Gasteiger partial charge in [-0.1, -0.05) is 6.07 Å². The molecule has 1 saturated heterocycles. The fourth-order valence-corrected chi connectivity index (χ4v) is 4.47. The molecule has 0 radical (unpaired) electrons. The Morgan fingerprint density at radius 2 is 2.00 bits per heavy atom. The molecule has 2 aromatic rings. The van der Waals surface area contributed by atoms with Crippen LogP contribution in [0.5, 0.6) is 0 Å². The number of piperazine rings is 1. The Kier molecular flexibility index (Phi) is 3.80. The van der Waals surface area contributed by atoms with E-state index in [-0.39, 0.29) is 0 Å². The Hall–Kier alpha value is -0.680. The number of thiophene rings is 2. The maximum Gasteiger partial charge on any atom is 0.0790 e. The van der Waals surface area contributed by atoms with E-state index in [1.165, 1.54) is 14.6 Å². The molecule has 0 aromatic carbocycles. The van der Waals surface area contributed by atoms with Crippen molar-refractivity contribution in [1.82, 2.24) is 10.2 Å². The highest BCUT2D eigenvalue weighted by molar-refractivity contribution is 7.12. The van der Waals surface area contributed by atoms with E-state index in [4.69, 9.17) is 0 Å². The van der Waals surface area contributed by atoms with E-state index < -0.39 is 0 Å². The topological polar surface area (TPSA) is 15.3 Å². The number of rotatable bonds is 3. The molecule has 0 amide bonds. The molecule has 1 fully saturated rings. The van der Waals surface area contributed by atoms with Gasteiger partial charge in [0.25, 0.3) is 0 Å². The molecule has 4 heteroatoms. The van der Waals surface area contributed by atoms with Crippen molar-refractivity contribution in [2.75, 3.05) is 26.2 Å². The van der Waals surface area contributed by atoms with Crippen molar-refractivity contribution in [1.29, 1.82) is 0 Å². The minimum absolute atomic E-state index is 0.464. The Bertz CT molecular complexity index is 484. The van der Waals surface area contributed by atoms with Crippen molar-refractivity contribution in [3.63, 3.8) is 0 Å². The maximum atomic E-state index is 3.44. The van der Waals surface area contributed by atoms with E-state index in [0.717, 1.165) is 26.2 Å². The number of hydrogen-bond donors (Lipinski definition) is 1. The zero-order valence-corrected chi connectivity index (χ0v) is 12.2. The van der Waals surface area contributed by atoms with E-state index in [9.17, 15) is 0 Å². The molecule has 2 nitrogen and oxygen atoms in total. The Morgan fingerprint density at radius 3 is 2.61 bits per heavy atom.